The number of carbonyl (C=O) groups is 1. The third-order valence-corrected chi connectivity index (χ3v) is 5.18. The SMILES string of the molecule is C=O.CC.O=c1[nH]nc2c3c(cccc13)NC(CN1CCN(c3ccccc3)CC1)=N2. The molecular formula is C23H28N6O2. The summed E-state index contributed by atoms with van der Waals surface area (Å²) in [7, 11) is 0. The first-order valence-electron chi connectivity index (χ1n) is 10.5. The van der Waals surface area contributed by atoms with Crippen LogP contribution in [0.5, 0.6) is 0 Å². The topological polar surface area (TPSA) is 93.7 Å². The number of aromatic amines is 1. The lowest BCUT2D eigenvalue weighted by molar-refractivity contribution is -0.0979. The zero-order valence-electron chi connectivity index (χ0n) is 18.0. The minimum absolute atomic E-state index is 0.187. The van der Waals surface area contributed by atoms with E-state index in [0.717, 1.165) is 49.6 Å². The van der Waals surface area contributed by atoms with Crippen LogP contribution in [0.3, 0.4) is 0 Å². The van der Waals surface area contributed by atoms with E-state index in [4.69, 9.17) is 4.79 Å². The molecule has 0 atom stereocenters. The molecule has 0 saturated carbocycles. The Hall–Kier alpha value is -3.52. The number of amidine groups is 1. The van der Waals surface area contributed by atoms with Crippen molar-refractivity contribution in [2.45, 2.75) is 13.8 Å². The Bertz CT molecular complexity index is 1090. The predicted molar refractivity (Wildman–Crippen MR) is 127 cm³/mol. The van der Waals surface area contributed by atoms with Gasteiger partial charge in [-0.1, -0.05) is 38.1 Å². The zero-order chi connectivity index (χ0) is 22.2. The second kappa shape index (κ2) is 10.5. The van der Waals surface area contributed by atoms with Crippen molar-refractivity contribution < 1.29 is 4.79 Å². The van der Waals surface area contributed by atoms with E-state index in [1.165, 1.54) is 5.69 Å². The van der Waals surface area contributed by atoms with E-state index >= 15 is 0 Å². The molecular weight excluding hydrogens is 392 g/mol. The third-order valence-electron chi connectivity index (χ3n) is 5.18. The summed E-state index contributed by atoms with van der Waals surface area (Å²) < 4.78 is 0. The largest absolute Gasteiger partial charge is 0.369 e. The van der Waals surface area contributed by atoms with E-state index in [0.29, 0.717) is 11.2 Å². The first kappa shape index (κ1) is 22.2. The first-order chi connectivity index (χ1) is 15.3. The number of nitrogens with one attached hydrogen (secondary N) is 2. The average molecular weight is 421 g/mol. The van der Waals surface area contributed by atoms with E-state index in [9.17, 15) is 4.79 Å². The minimum atomic E-state index is -0.187. The molecule has 0 bridgehead atoms. The lowest BCUT2D eigenvalue weighted by atomic mass is 10.1. The minimum Gasteiger partial charge on any atom is -0.369 e. The monoisotopic (exact) mass is 420 g/mol. The van der Waals surface area contributed by atoms with Crippen LogP contribution < -0.4 is 15.8 Å². The van der Waals surface area contributed by atoms with Gasteiger partial charge in [0.2, 0.25) is 0 Å². The normalized spacial score (nSPS) is 15.0. The number of piperazine rings is 1. The quantitative estimate of drug-likeness (QED) is 0.676. The van der Waals surface area contributed by atoms with Gasteiger partial charge in [0.05, 0.1) is 23.0 Å². The van der Waals surface area contributed by atoms with Gasteiger partial charge < -0.3 is 15.0 Å². The average Bonchev–Trinajstić information content (AvgIpc) is 2.85. The molecule has 3 aromatic rings. The number of aromatic nitrogens is 2. The van der Waals surface area contributed by atoms with Gasteiger partial charge in [0.15, 0.2) is 5.82 Å². The van der Waals surface area contributed by atoms with Gasteiger partial charge in [0.1, 0.15) is 12.6 Å². The van der Waals surface area contributed by atoms with Crippen molar-refractivity contribution in [2.24, 2.45) is 4.99 Å². The van der Waals surface area contributed by atoms with Gasteiger partial charge in [0, 0.05) is 31.9 Å². The second-order valence-corrected chi connectivity index (χ2v) is 6.89. The number of anilines is 2. The summed E-state index contributed by atoms with van der Waals surface area (Å²) in [6, 6.07) is 16.2. The smallest absolute Gasteiger partial charge is 0.272 e. The molecule has 0 unspecified atom stereocenters. The highest BCUT2D eigenvalue weighted by atomic mass is 16.1. The summed E-state index contributed by atoms with van der Waals surface area (Å²) in [5.41, 5.74) is 1.99. The van der Waals surface area contributed by atoms with E-state index in [-0.39, 0.29) is 5.56 Å². The maximum atomic E-state index is 12.0. The molecule has 0 aliphatic carbocycles. The molecule has 5 rings (SSSR count). The fourth-order valence-electron chi connectivity index (χ4n) is 3.79. The van der Waals surface area contributed by atoms with Gasteiger partial charge in [0.25, 0.3) is 5.56 Å². The van der Waals surface area contributed by atoms with Gasteiger partial charge >= 0.3 is 0 Å². The Balaban J connectivity index is 0.000000645. The summed E-state index contributed by atoms with van der Waals surface area (Å²) in [6.07, 6.45) is 0. The van der Waals surface area contributed by atoms with Crippen LogP contribution >= 0.6 is 0 Å². The number of nitrogens with zero attached hydrogens (tertiary/aromatic N) is 4. The molecule has 2 aromatic carbocycles. The molecule has 1 fully saturated rings. The molecule has 0 spiro atoms. The molecule has 8 heteroatoms. The van der Waals surface area contributed by atoms with E-state index in [2.05, 4.69) is 54.6 Å². The lowest BCUT2D eigenvalue weighted by Crippen LogP contribution is -2.48. The van der Waals surface area contributed by atoms with Crippen molar-refractivity contribution in [1.29, 1.82) is 0 Å². The number of benzene rings is 2. The Morgan fingerprint density at radius 1 is 0.968 bits per heavy atom. The van der Waals surface area contributed by atoms with Crippen LogP contribution in [0, 0.1) is 0 Å². The molecule has 0 radical (unpaired) electrons. The van der Waals surface area contributed by atoms with Crippen molar-refractivity contribution in [3.8, 4) is 0 Å². The summed E-state index contributed by atoms with van der Waals surface area (Å²) in [6.45, 7) is 10.7. The summed E-state index contributed by atoms with van der Waals surface area (Å²) in [5, 5.41) is 11.5. The summed E-state index contributed by atoms with van der Waals surface area (Å²) in [5.74, 6) is 1.44. The van der Waals surface area contributed by atoms with Crippen LogP contribution in [0.4, 0.5) is 17.2 Å². The van der Waals surface area contributed by atoms with Crippen LogP contribution in [-0.4, -0.2) is 60.4 Å². The molecule has 3 heterocycles. The van der Waals surface area contributed by atoms with Gasteiger partial charge in [-0.25, -0.2) is 10.1 Å². The molecule has 0 amide bonds. The highest BCUT2D eigenvalue weighted by Gasteiger charge is 2.22. The van der Waals surface area contributed by atoms with Crippen LogP contribution in [0.15, 0.2) is 58.3 Å². The van der Waals surface area contributed by atoms with E-state index in [1.807, 2.05) is 38.8 Å². The van der Waals surface area contributed by atoms with Gasteiger partial charge in [-0.2, -0.15) is 5.10 Å². The number of H-pyrrole nitrogens is 1. The first-order valence-corrected chi connectivity index (χ1v) is 10.5. The van der Waals surface area contributed by atoms with E-state index in [1.54, 1.807) is 6.07 Å². The van der Waals surface area contributed by atoms with Gasteiger partial charge in [-0.15, -0.1) is 0 Å². The van der Waals surface area contributed by atoms with Crippen molar-refractivity contribution in [3.05, 3.63) is 58.9 Å². The predicted octanol–water partition coefficient (Wildman–Crippen LogP) is 3.04. The summed E-state index contributed by atoms with van der Waals surface area (Å²) >= 11 is 0. The van der Waals surface area contributed by atoms with Gasteiger partial charge in [-0.05, 0) is 24.3 Å². The molecule has 2 aliphatic rings. The second-order valence-electron chi connectivity index (χ2n) is 6.89. The van der Waals surface area contributed by atoms with E-state index < -0.39 is 0 Å². The maximum absolute atomic E-state index is 12.0. The fraction of sp³-hybridized carbons (Fsp3) is 0.304. The molecule has 1 saturated heterocycles. The van der Waals surface area contributed by atoms with Gasteiger partial charge in [-0.3, -0.25) is 9.69 Å². The highest BCUT2D eigenvalue weighted by Crippen LogP contribution is 2.31. The van der Waals surface area contributed by atoms with Crippen molar-refractivity contribution >= 4 is 40.6 Å². The number of para-hydroxylation sites is 1. The Morgan fingerprint density at radius 2 is 1.68 bits per heavy atom. The Morgan fingerprint density at radius 3 is 2.39 bits per heavy atom. The summed E-state index contributed by atoms with van der Waals surface area (Å²) in [4.78, 5) is 29.4. The van der Waals surface area contributed by atoms with Crippen molar-refractivity contribution in [1.82, 2.24) is 15.1 Å². The Kier molecular flexibility index (Phi) is 7.50. The molecule has 31 heavy (non-hydrogen) atoms. The Labute approximate surface area is 181 Å². The molecule has 8 nitrogen and oxygen atoms in total. The van der Waals surface area contributed by atoms with Crippen LogP contribution in [0.1, 0.15) is 13.8 Å². The number of hydrogen-bond donors (Lipinski definition) is 2. The number of carbonyl (C=O) groups excluding carboxylic acids is 1. The fourth-order valence-corrected chi connectivity index (χ4v) is 3.79. The maximum Gasteiger partial charge on any atom is 0.272 e. The van der Waals surface area contributed by atoms with Crippen LogP contribution in [0.25, 0.3) is 10.8 Å². The molecule has 1 aromatic heterocycles. The lowest BCUT2D eigenvalue weighted by Gasteiger charge is -2.36. The van der Waals surface area contributed by atoms with Crippen molar-refractivity contribution in [3.63, 3.8) is 0 Å². The number of aliphatic imine (C=N–C) groups is 1. The van der Waals surface area contributed by atoms with Crippen LogP contribution in [-0.2, 0) is 4.79 Å². The third kappa shape index (κ3) is 4.80. The number of hydrogen-bond acceptors (Lipinski definition) is 7. The molecule has 162 valence electrons. The van der Waals surface area contributed by atoms with Crippen LogP contribution in [0.2, 0.25) is 0 Å². The standard InChI is InChI=1S/C20H20N6O.C2H6.CH2O/c27-20-15-7-4-8-16-18(15)19(23-24-20)22-17(21-16)13-25-9-11-26(12-10-25)14-5-2-1-3-6-14;2*1-2/h1-8H,9-13H2,(H,24,27)(H,21,22,23);1-2H3;1H2. The number of rotatable bonds is 3. The zero-order valence-corrected chi connectivity index (χ0v) is 18.0. The van der Waals surface area contributed by atoms with Crippen molar-refractivity contribution in [2.75, 3.05) is 42.9 Å². The molecule has 2 N–H and O–H groups in total. The highest BCUT2D eigenvalue weighted by molar-refractivity contribution is 6.12. The molecule has 2 aliphatic heterocycles.